The highest BCUT2D eigenvalue weighted by molar-refractivity contribution is 5.96. The molecule has 1 N–H and O–H groups in total. The van der Waals surface area contributed by atoms with Crippen molar-refractivity contribution in [2.24, 2.45) is 5.41 Å². The summed E-state index contributed by atoms with van der Waals surface area (Å²) < 4.78 is 0. The number of carbonyl (C=O) groups excluding carboxylic acids is 2. The van der Waals surface area contributed by atoms with E-state index in [1.165, 1.54) is 0 Å². The highest BCUT2D eigenvalue weighted by Crippen LogP contribution is 2.40. The van der Waals surface area contributed by atoms with E-state index in [-0.39, 0.29) is 17.2 Å². The van der Waals surface area contributed by atoms with Crippen LogP contribution in [-0.2, 0) is 11.2 Å². The van der Waals surface area contributed by atoms with Crippen molar-refractivity contribution in [2.75, 3.05) is 26.2 Å². The van der Waals surface area contributed by atoms with Gasteiger partial charge in [-0.05, 0) is 32.6 Å². The van der Waals surface area contributed by atoms with E-state index in [2.05, 4.69) is 10.2 Å². The summed E-state index contributed by atoms with van der Waals surface area (Å²) in [5.74, 6) is 0.239. The van der Waals surface area contributed by atoms with Crippen LogP contribution in [0.15, 0.2) is 6.20 Å². The summed E-state index contributed by atoms with van der Waals surface area (Å²) in [5.41, 5.74) is 1.17. The fourth-order valence-electron chi connectivity index (χ4n) is 3.82. The second-order valence-electron chi connectivity index (χ2n) is 6.36. The number of H-pyrrole nitrogens is 1. The molecule has 3 rings (SSSR count). The zero-order chi connectivity index (χ0) is 15.7. The SMILES string of the molecule is CCc1[nH]ncc1C(=O)N1CC[C@@]2(CCCN(CC)C2=O)C1. The molecular formula is C16H24N4O2. The third kappa shape index (κ3) is 2.30. The van der Waals surface area contributed by atoms with E-state index >= 15 is 0 Å². The van der Waals surface area contributed by atoms with Gasteiger partial charge in [0.05, 0.1) is 17.2 Å². The lowest BCUT2D eigenvalue weighted by Crippen LogP contribution is -2.50. The number of aromatic amines is 1. The summed E-state index contributed by atoms with van der Waals surface area (Å²) in [6.45, 7) is 6.85. The van der Waals surface area contributed by atoms with Gasteiger partial charge in [-0.25, -0.2) is 0 Å². The van der Waals surface area contributed by atoms with E-state index in [4.69, 9.17) is 0 Å². The van der Waals surface area contributed by atoms with Crippen LogP contribution < -0.4 is 0 Å². The van der Waals surface area contributed by atoms with Gasteiger partial charge < -0.3 is 9.80 Å². The zero-order valence-electron chi connectivity index (χ0n) is 13.4. The number of likely N-dealkylation sites (tertiary alicyclic amines) is 2. The summed E-state index contributed by atoms with van der Waals surface area (Å²) in [6, 6.07) is 0. The van der Waals surface area contributed by atoms with Gasteiger partial charge in [-0.3, -0.25) is 14.7 Å². The first kappa shape index (κ1) is 15.1. The number of hydrogen-bond acceptors (Lipinski definition) is 3. The van der Waals surface area contributed by atoms with Crippen LogP contribution in [0.5, 0.6) is 0 Å². The van der Waals surface area contributed by atoms with Gasteiger partial charge in [-0.1, -0.05) is 6.92 Å². The zero-order valence-corrected chi connectivity index (χ0v) is 13.4. The lowest BCUT2D eigenvalue weighted by molar-refractivity contribution is -0.145. The molecule has 6 nitrogen and oxygen atoms in total. The highest BCUT2D eigenvalue weighted by atomic mass is 16.2. The van der Waals surface area contributed by atoms with Gasteiger partial charge in [0.15, 0.2) is 0 Å². The lowest BCUT2D eigenvalue weighted by Gasteiger charge is -2.38. The molecule has 1 aromatic rings. The minimum absolute atomic E-state index is 0.00361. The maximum atomic E-state index is 12.7. The molecule has 0 unspecified atom stereocenters. The molecule has 2 fully saturated rings. The van der Waals surface area contributed by atoms with E-state index < -0.39 is 0 Å². The lowest BCUT2D eigenvalue weighted by atomic mass is 9.78. The van der Waals surface area contributed by atoms with Gasteiger partial charge >= 0.3 is 0 Å². The van der Waals surface area contributed by atoms with E-state index in [0.717, 1.165) is 44.5 Å². The van der Waals surface area contributed by atoms with Crippen molar-refractivity contribution in [1.29, 1.82) is 0 Å². The molecular weight excluding hydrogens is 280 g/mol. The van der Waals surface area contributed by atoms with Crippen LogP contribution in [0, 0.1) is 5.41 Å². The Labute approximate surface area is 130 Å². The molecule has 1 spiro atoms. The van der Waals surface area contributed by atoms with Crippen LogP contribution in [0.25, 0.3) is 0 Å². The van der Waals surface area contributed by atoms with Crippen molar-refractivity contribution in [3.63, 3.8) is 0 Å². The van der Waals surface area contributed by atoms with Crippen LogP contribution in [0.2, 0.25) is 0 Å². The molecule has 6 heteroatoms. The van der Waals surface area contributed by atoms with Crippen molar-refractivity contribution in [2.45, 2.75) is 39.5 Å². The van der Waals surface area contributed by atoms with E-state index in [0.29, 0.717) is 18.7 Å². The summed E-state index contributed by atoms with van der Waals surface area (Å²) >= 11 is 0. The summed E-state index contributed by atoms with van der Waals surface area (Å²) in [4.78, 5) is 29.2. The molecule has 0 aliphatic carbocycles. The smallest absolute Gasteiger partial charge is 0.257 e. The minimum Gasteiger partial charge on any atom is -0.342 e. The van der Waals surface area contributed by atoms with Crippen LogP contribution in [0.1, 0.15) is 49.2 Å². The molecule has 2 aliphatic heterocycles. The predicted octanol–water partition coefficient (Wildman–Crippen LogP) is 1.45. The monoisotopic (exact) mass is 304 g/mol. The van der Waals surface area contributed by atoms with Gasteiger partial charge in [0.2, 0.25) is 5.91 Å². The Morgan fingerprint density at radius 2 is 2.18 bits per heavy atom. The number of rotatable bonds is 3. The normalized spacial score (nSPS) is 25.3. The number of hydrogen-bond donors (Lipinski definition) is 1. The molecule has 1 atom stereocenters. The van der Waals surface area contributed by atoms with Crippen LogP contribution in [0.3, 0.4) is 0 Å². The first-order valence-electron chi connectivity index (χ1n) is 8.22. The van der Waals surface area contributed by atoms with Crippen molar-refractivity contribution in [3.8, 4) is 0 Å². The van der Waals surface area contributed by atoms with Gasteiger partial charge in [-0.15, -0.1) is 0 Å². The molecule has 2 saturated heterocycles. The Morgan fingerprint density at radius 3 is 2.91 bits per heavy atom. The number of piperidine rings is 1. The van der Waals surface area contributed by atoms with Gasteiger partial charge in [0.25, 0.3) is 5.91 Å². The van der Waals surface area contributed by atoms with E-state index in [1.54, 1.807) is 6.20 Å². The molecule has 2 aliphatic rings. The number of nitrogens with one attached hydrogen (secondary N) is 1. The molecule has 120 valence electrons. The topological polar surface area (TPSA) is 69.3 Å². The van der Waals surface area contributed by atoms with Gasteiger partial charge in [-0.2, -0.15) is 5.10 Å². The van der Waals surface area contributed by atoms with Crippen LogP contribution >= 0.6 is 0 Å². The standard InChI is InChI=1S/C16H24N4O2/c1-3-13-12(10-17-18-13)14(21)20-9-7-16(11-20)6-5-8-19(4-2)15(16)22/h10H,3-9,11H2,1-2H3,(H,17,18)/t16-/m0/s1. The predicted molar refractivity (Wildman–Crippen MR) is 82.4 cm³/mol. The minimum atomic E-state index is -0.347. The quantitative estimate of drug-likeness (QED) is 0.919. The molecule has 0 radical (unpaired) electrons. The average Bonchev–Trinajstić information content (AvgIpc) is 3.17. The van der Waals surface area contributed by atoms with Gasteiger partial charge in [0.1, 0.15) is 0 Å². The Morgan fingerprint density at radius 1 is 1.36 bits per heavy atom. The third-order valence-corrected chi connectivity index (χ3v) is 5.15. The second kappa shape index (κ2) is 5.74. The number of amides is 2. The maximum Gasteiger partial charge on any atom is 0.257 e. The third-order valence-electron chi connectivity index (χ3n) is 5.15. The Hall–Kier alpha value is -1.85. The number of carbonyl (C=O) groups is 2. The van der Waals surface area contributed by atoms with Crippen molar-refractivity contribution < 1.29 is 9.59 Å². The van der Waals surface area contributed by atoms with Gasteiger partial charge in [0, 0.05) is 31.9 Å². The number of nitrogens with zero attached hydrogens (tertiary/aromatic N) is 3. The van der Waals surface area contributed by atoms with Crippen molar-refractivity contribution in [1.82, 2.24) is 20.0 Å². The largest absolute Gasteiger partial charge is 0.342 e. The van der Waals surface area contributed by atoms with E-state index in [9.17, 15) is 9.59 Å². The highest BCUT2D eigenvalue weighted by Gasteiger charge is 2.49. The maximum absolute atomic E-state index is 12.7. The Bertz CT molecular complexity index is 582. The summed E-state index contributed by atoms with van der Waals surface area (Å²) in [7, 11) is 0. The van der Waals surface area contributed by atoms with E-state index in [1.807, 2.05) is 23.6 Å². The first-order valence-corrected chi connectivity index (χ1v) is 8.22. The summed E-state index contributed by atoms with van der Waals surface area (Å²) in [6.07, 6.45) is 5.08. The molecule has 2 amide bonds. The Kier molecular flexibility index (Phi) is 3.93. The summed E-state index contributed by atoms with van der Waals surface area (Å²) in [5, 5.41) is 6.87. The molecule has 0 bridgehead atoms. The molecule has 3 heterocycles. The molecule has 22 heavy (non-hydrogen) atoms. The van der Waals surface area contributed by atoms with Crippen molar-refractivity contribution in [3.05, 3.63) is 17.5 Å². The second-order valence-corrected chi connectivity index (χ2v) is 6.36. The Balaban J connectivity index is 1.77. The molecule has 1 aromatic heterocycles. The fourth-order valence-corrected chi connectivity index (χ4v) is 3.82. The van der Waals surface area contributed by atoms with Crippen LogP contribution in [0.4, 0.5) is 0 Å². The van der Waals surface area contributed by atoms with Crippen molar-refractivity contribution >= 4 is 11.8 Å². The van der Waals surface area contributed by atoms with Crippen LogP contribution in [-0.4, -0.2) is 58.0 Å². The molecule has 0 aromatic carbocycles. The first-order chi connectivity index (χ1) is 10.6. The fraction of sp³-hybridized carbons (Fsp3) is 0.688. The average molecular weight is 304 g/mol. The molecule has 0 saturated carbocycles. The number of aromatic nitrogens is 2. The number of aryl methyl sites for hydroxylation is 1.